The van der Waals surface area contributed by atoms with Gasteiger partial charge in [0.15, 0.2) is 6.10 Å². The summed E-state index contributed by atoms with van der Waals surface area (Å²) in [5, 5.41) is 0. The molecule has 0 aromatic rings. The van der Waals surface area contributed by atoms with Gasteiger partial charge < -0.3 is 14.2 Å². The molecular formula is C51H86O6. The third kappa shape index (κ3) is 43.8. The van der Waals surface area contributed by atoms with E-state index in [0.29, 0.717) is 19.3 Å². The van der Waals surface area contributed by atoms with Crippen molar-refractivity contribution in [1.29, 1.82) is 0 Å². The van der Waals surface area contributed by atoms with Crippen LogP contribution in [0.4, 0.5) is 0 Å². The van der Waals surface area contributed by atoms with E-state index in [1.165, 1.54) is 77.0 Å². The van der Waals surface area contributed by atoms with E-state index in [4.69, 9.17) is 14.2 Å². The maximum atomic E-state index is 12.7. The van der Waals surface area contributed by atoms with Crippen molar-refractivity contribution in [3.63, 3.8) is 0 Å². The molecule has 326 valence electrons. The fourth-order valence-electron chi connectivity index (χ4n) is 6.24. The molecule has 0 amide bonds. The van der Waals surface area contributed by atoms with Crippen LogP contribution in [0, 0.1) is 0 Å². The van der Waals surface area contributed by atoms with Gasteiger partial charge in [-0.05, 0) is 89.9 Å². The zero-order chi connectivity index (χ0) is 41.5. The highest BCUT2D eigenvalue weighted by atomic mass is 16.6. The minimum atomic E-state index is -0.798. The Kier molecular flexibility index (Phi) is 43.0. The summed E-state index contributed by atoms with van der Waals surface area (Å²) in [5.74, 6) is -0.965. The molecule has 0 aliphatic carbocycles. The molecule has 0 aliphatic heterocycles. The van der Waals surface area contributed by atoms with Crippen LogP contribution in [0.5, 0.6) is 0 Å². The molecule has 6 heteroatoms. The highest BCUT2D eigenvalue weighted by Crippen LogP contribution is 2.13. The van der Waals surface area contributed by atoms with Gasteiger partial charge in [-0.1, -0.05) is 177 Å². The predicted molar refractivity (Wildman–Crippen MR) is 242 cm³/mol. The smallest absolute Gasteiger partial charge is 0.306 e. The number of hydrogen-bond donors (Lipinski definition) is 0. The van der Waals surface area contributed by atoms with E-state index in [0.717, 1.165) is 96.3 Å². The topological polar surface area (TPSA) is 78.9 Å². The summed E-state index contributed by atoms with van der Waals surface area (Å²) < 4.78 is 16.6. The second-order valence-corrected chi connectivity index (χ2v) is 15.3. The molecule has 1 atom stereocenters. The lowest BCUT2D eigenvalue weighted by Crippen LogP contribution is -2.30. The first-order valence-corrected chi connectivity index (χ1v) is 23.5. The van der Waals surface area contributed by atoms with Crippen molar-refractivity contribution >= 4 is 17.9 Å². The molecule has 0 N–H and O–H groups in total. The Labute approximate surface area is 351 Å². The fourth-order valence-corrected chi connectivity index (χ4v) is 6.24. The number of carbonyl (C=O) groups is 3. The van der Waals surface area contributed by atoms with Crippen LogP contribution in [0.15, 0.2) is 72.9 Å². The second kappa shape index (κ2) is 45.6. The molecule has 0 radical (unpaired) electrons. The minimum absolute atomic E-state index is 0.0971. The molecule has 1 unspecified atom stereocenters. The van der Waals surface area contributed by atoms with Gasteiger partial charge in [-0.15, -0.1) is 0 Å². The molecule has 0 spiro atoms. The van der Waals surface area contributed by atoms with Gasteiger partial charge in [-0.3, -0.25) is 14.4 Å². The fraction of sp³-hybridized carbons (Fsp3) is 0.706. The zero-order valence-electron chi connectivity index (χ0n) is 37.1. The van der Waals surface area contributed by atoms with E-state index < -0.39 is 6.10 Å². The molecule has 0 saturated heterocycles. The standard InChI is InChI=1S/C51H86O6/c1-4-7-10-13-16-19-21-23-24-25-26-28-29-32-35-38-41-44-50(53)56-47-48(46-55-49(52)43-40-37-34-31-18-15-12-9-6-3)57-51(54)45-42-39-36-33-30-27-22-20-17-14-11-8-5-2/h8-9,11-12,14,17-18,20,22-24,31,48H,4-7,10,13,15-16,19,21,25-30,32-47H2,1-3H3/b11-8-,12-9-,17-14-,22-20-,24-23-,31-18-. The Morgan fingerprint density at radius 1 is 0.386 bits per heavy atom. The second-order valence-electron chi connectivity index (χ2n) is 15.3. The Morgan fingerprint density at radius 3 is 1.30 bits per heavy atom. The van der Waals surface area contributed by atoms with Gasteiger partial charge in [0, 0.05) is 19.3 Å². The summed E-state index contributed by atoms with van der Waals surface area (Å²) in [6.07, 6.45) is 56.1. The molecule has 0 bridgehead atoms. The molecule has 0 saturated carbocycles. The van der Waals surface area contributed by atoms with Gasteiger partial charge in [0.1, 0.15) is 13.2 Å². The summed E-state index contributed by atoms with van der Waals surface area (Å²) in [6, 6.07) is 0. The third-order valence-corrected chi connectivity index (χ3v) is 9.74. The van der Waals surface area contributed by atoms with Crippen LogP contribution in [0.2, 0.25) is 0 Å². The first kappa shape index (κ1) is 53.9. The molecule has 0 fully saturated rings. The summed E-state index contributed by atoms with van der Waals surface area (Å²) in [7, 11) is 0. The van der Waals surface area contributed by atoms with Gasteiger partial charge in [0.05, 0.1) is 0 Å². The number of unbranched alkanes of at least 4 members (excludes halogenated alkanes) is 20. The Hall–Kier alpha value is -3.15. The highest BCUT2D eigenvalue weighted by Gasteiger charge is 2.19. The maximum Gasteiger partial charge on any atom is 0.306 e. The van der Waals surface area contributed by atoms with Crippen molar-refractivity contribution in [2.24, 2.45) is 0 Å². The van der Waals surface area contributed by atoms with Gasteiger partial charge in [0.25, 0.3) is 0 Å². The lowest BCUT2D eigenvalue weighted by Gasteiger charge is -2.18. The number of hydrogen-bond acceptors (Lipinski definition) is 6. The first-order valence-electron chi connectivity index (χ1n) is 23.5. The van der Waals surface area contributed by atoms with Crippen LogP contribution in [-0.4, -0.2) is 37.2 Å². The molecule has 0 aromatic carbocycles. The Balaban J connectivity index is 4.38. The summed E-state index contributed by atoms with van der Waals surface area (Å²) in [4.78, 5) is 37.7. The lowest BCUT2D eigenvalue weighted by atomic mass is 10.1. The van der Waals surface area contributed by atoms with Crippen molar-refractivity contribution in [1.82, 2.24) is 0 Å². The molecule has 0 heterocycles. The van der Waals surface area contributed by atoms with Crippen molar-refractivity contribution in [2.75, 3.05) is 13.2 Å². The zero-order valence-corrected chi connectivity index (χ0v) is 37.1. The van der Waals surface area contributed by atoms with E-state index in [9.17, 15) is 14.4 Å². The van der Waals surface area contributed by atoms with E-state index >= 15 is 0 Å². The van der Waals surface area contributed by atoms with Crippen LogP contribution in [0.1, 0.15) is 213 Å². The molecule has 0 aromatic heterocycles. The minimum Gasteiger partial charge on any atom is -0.462 e. The number of rotatable bonds is 41. The van der Waals surface area contributed by atoms with Crippen molar-refractivity contribution < 1.29 is 28.6 Å². The molecular weight excluding hydrogens is 709 g/mol. The number of ether oxygens (including phenoxy) is 3. The van der Waals surface area contributed by atoms with Crippen LogP contribution >= 0.6 is 0 Å². The van der Waals surface area contributed by atoms with E-state index in [1.54, 1.807) is 0 Å². The van der Waals surface area contributed by atoms with Crippen LogP contribution < -0.4 is 0 Å². The van der Waals surface area contributed by atoms with Gasteiger partial charge in [0.2, 0.25) is 0 Å². The van der Waals surface area contributed by atoms with Crippen LogP contribution in [-0.2, 0) is 28.6 Å². The van der Waals surface area contributed by atoms with Crippen molar-refractivity contribution in [3.8, 4) is 0 Å². The van der Waals surface area contributed by atoms with Gasteiger partial charge in [-0.25, -0.2) is 0 Å². The van der Waals surface area contributed by atoms with E-state index in [1.807, 2.05) is 6.08 Å². The quantitative estimate of drug-likeness (QED) is 0.0202. The van der Waals surface area contributed by atoms with E-state index in [2.05, 4.69) is 87.6 Å². The summed E-state index contributed by atoms with van der Waals surface area (Å²) in [6.45, 7) is 6.31. The van der Waals surface area contributed by atoms with Crippen LogP contribution in [0.25, 0.3) is 0 Å². The lowest BCUT2D eigenvalue weighted by molar-refractivity contribution is -0.167. The first-order chi connectivity index (χ1) is 28.0. The number of carbonyl (C=O) groups excluding carboxylic acids is 3. The SMILES string of the molecule is CC\C=C/C=C\C=C/CCCCCCCC(=O)OC(COC(=O)CCCC/C=C\C/C=C\CC)COC(=O)CCCCCCCCC/C=C\CCCCCCCC. The molecule has 6 nitrogen and oxygen atoms in total. The number of esters is 3. The normalized spacial score (nSPS) is 12.7. The largest absolute Gasteiger partial charge is 0.462 e. The molecule has 0 aliphatic rings. The van der Waals surface area contributed by atoms with Gasteiger partial charge in [-0.2, -0.15) is 0 Å². The third-order valence-electron chi connectivity index (χ3n) is 9.74. The molecule has 0 rings (SSSR count). The summed E-state index contributed by atoms with van der Waals surface area (Å²) >= 11 is 0. The Bertz CT molecular complexity index is 1100. The average molecular weight is 795 g/mol. The van der Waals surface area contributed by atoms with E-state index in [-0.39, 0.29) is 31.1 Å². The monoisotopic (exact) mass is 795 g/mol. The predicted octanol–water partition coefficient (Wildman–Crippen LogP) is 15.1. The molecule has 57 heavy (non-hydrogen) atoms. The Morgan fingerprint density at radius 2 is 0.772 bits per heavy atom. The van der Waals surface area contributed by atoms with Gasteiger partial charge >= 0.3 is 17.9 Å². The van der Waals surface area contributed by atoms with Crippen LogP contribution in [0.3, 0.4) is 0 Å². The average Bonchev–Trinajstić information content (AvgIpc) is 3.21. The number of allylic oxidation sites excluding steroid dienone is 12. The highest BCUT2D eigenvalue weighted by molar-refractivity contribution is 5.71. The van der Waals surface area contributed by atoms with Crippen molar-refractivity contribution in [3.05, 3.63) is 72.9 Å². The van der Waals surface area contributed by atoms with Crippen molar-refractivity contribution in [2.45, 2.75) is 219 Å². The summed E-state index contributed by atoms with van der Waals surface area (Å²) in [5.41, 5.74) is 0. The maximum absolute atomic E-state index is 12.7.